The van der Waals surface area contributed by atoms with Crippen LogP contribution in [0.1, 0.15) is 11.5 Å². The molecule has 1 aromatic carbocycles. The topological polar surface area (TPSA) is 57.4 Å². The first-order valence-corrected chi connectivity index (χ1v) is 7.11. The molecule has 3 aromatic rings. The van der Waals surface area contributed by atoms with Crippen molar-refractivity contribution in [3.8, 4) is 11.6 Å². The smallest absolute Gasteiger partial charge is 0.212 e. The van der Waals surface area contributed by atoms with Crippen LogP contribution in [0.2, 0.25) is 0 Å². The Morgan fingerprint density at radius 1 is 1.19 bits per heavy atom. The maximum Gasteiger partial charge on any atom is 0.212 e. The minimum Gasteiger partial charge on any atom is -0.494 e. The number of benzene rings is 1. The first kappa shape index (κ1) is 13.9. The molecular weight excluding hydrogens is 336 g/mol. The Morgan fingerprint density at radius 2 is 2.05 bits per heavy atom. The number of methoxy groups -OCH3 is 2. The number of oxazole rings is 1. The highest BCUT2D eigenvalue weighted by atomic mass is 79.9. The number of rotatable bonds is 4. The molecule has 5 nitrogen and oxygen atoms in total. The minimum absolute atomic E-state index is 0.562. The number of fused-ring (bicyclic) bond motifs is 1. The zero-order valence-electron chi connectivity index (χ0n) is 11.6. The lowest BCUT2D eigenvalue weighted by molar-refractivity contribution is 0.397. The summed E-state index contributed by atoms with van der Waals surface area (Å²) >= 11 is 3.42. The van der Waals surface area contributed by atoms with Gasteiger partial charge in [0.05, 0.1) is 20.6 Å². The zero-order chi connectivity index (χ0) is 14.8. The van der Waals surface area contributed by atoms with Gasteiger partial charge in [0.1, 0.15) is 5.75 Å². The lowest BCUT2D eigenvalue weighted by Crippen LogP contribution is -1.92. The van der Waals surface area contributed by atoms with E-state index in [4.69, 9.17) is 13.9 Å². The van der Waals surface area contributed by atoms with E-state index in [0.29, 0.717) is 29.5 Å². The molecule has 0 fully saturated rings. The van der Waals surface area contributed by atoms with E-state index in [1.165, 1.54) is 0 Å². The van der Waals surface area contributed by atoms with Gasteiger partial charge in [-0.15, -0.1) is 0 Å². The third kappa shape index (κ3) is 2.85. The first-order chi connectivity index (χ1) is 10.2. The molecule has 6 heteroatoms. The number of nitrogens with zero attached hydrogens (tertiary/aromatic N) is 2. The summed E-state index contributed by atoms with van der Waals surface area (Å²) in [6, 6.07) is 7.49. The second kappa shape index (κ2) is 5.73. The molecule has 0 saturated carbocycles. The fourth-order valence-electron chi connectivity index (χ4n) is 2.05. The highest BCUT2D eigenvalue weighted by Gasteiger charge is 2.12. The Hall–Kier alpha value is -2.08. The number of aromatic nitrogens is 2. The van der Waals surface area contributed by atoms with Crippen molar-refractivity contribution in [3.63, 3.8) is 0 Å². The van der Waals surface area contributed by atoms with Crippen LogP contribution in [0.4, 0.5) is 0 Å². The maximum atomic E-state index is 5.77. The van der Waals surface area contributed by atoms with Crippen molar-refractivity contribution in [1.29, 1.82) is 0 Å². The summed E-state index contributed by atoms with van der Waals surface area (Å²) in [6.45, 7) is 0. The van der Waals surface area contributed by atoms with E-state index >= 15 is 0 Å². The number of hydrogen-bond donors (Lipinski definition) is 0. The Kier molecular flexibility index (Phi) is 3.79. The third-order valence-electron chi connectivity index (χ3n) is 3.05. The number of pyridine rings is 1. The molecule has 0 N–H and O–H groups in total. The lowest BCUT2D eigenvalue weighted by atomic mass is 10.2. The van der Waals surface area contributed by atoms with Crippen molar-refractivity contribution >= 4 is 27.0 Å². The van der Waals surface area contributed by atoms with Crippen molar-refractivity contribution < 1.29 is 13.9 Å². The average molecular weight is 349 g/mol. The molecule has 21 heavy (non-hydrogen) atoms. The van der Waals surface area contributed by atoms with Crippen LogP contribution in [0.25, 0.3) is 11.1 Å². The Bertz CT molecular complexity index is 768. The Morgan fingerprint density at radius 3 is 2.71 bits per heavy atom. The van der Waals surface area contributed by atoms with Gasteiger partial charge in [0.15, 0.2) is 17.0 Å². The summed E-state index contributed by atoms with van der Waals surface area (Å²) in [5.74, 6) is 1.89. The fraction of sp³-hybridized carbons (Fsp3) is 0.200. The Labute approximate surface area is 130 Å². The molecule has 0 radical (unpaired) electrons. The molecule has 0 spiro atoms. The van der Waals surface area contributed by atoms with Gasteiger partial charge in [0.25, 0.3) is 0 Å². The van der Waals surface area contributed by atoms with Crippen LogP contribution < -0.4 is 9.47 Å². The fourth-order valence-corrected chi connectivity index (χ4v) is 2.47. The molecule has 0 saturated heterocycles. The van der Waals surface area contributed by atoms with E-state index in [1.807, 2.05) is 24.3 Å². The van der Waals surface area contributed by atoms with Crippen LogP contribution in [0.3, 0.4) is 0 Å². The molecule has 0 aliphatic heterocycles. The van der Waals surface area contributed by atoms with Crippen molar-refractivity contribution in [2.24, 2.45) is 0 Å². The highest BCUT2D eigenvalue weighted by molar-refractivity contribution is 9.10. The van der Waals surface area contributed by atoms with E-state index in [2.05, 4.69) is 25.9 Å². The van der Waals surface area contributed by atoms with Gasteiger partial charge in [0.2, 0.25) is 5.88 Å². The van der Waals surface area contributed by atoms with Crippen molar-refractivity contribution in [2.45, 2.75) is 6.42 Å². The van der Waals surface area contributed by atoms with Crippen molar-refractivity contribution in [1.82, 2.24) is 9.97 Å². The summed E-state index contributed by atoms with van der Waals surface area (Å²) < 4.78 is 17.0. The van der Waals surface area contributed by atoms with Crippen LogP contribution in [0, 0.1) is 0 Å². The van der Waals surface area contributed by atoms with Gasteiger partial charge in [0, 0.05) is 16.7 Å². The molecule has 0 atom stereocenters. The van der Waals surface area contributed by atoms with E-state index < -0.39 is 0 Å². The molecule has 2 aromatic heterocycles. The molecule has 2 heterocycles. The van der Waals surface area contributed by atoms with Crippen molar-refractivity contribution in [2.75, 3.05) is 14.2 Å². The largest absolute Gasteiger partial charge is 0.494 e. The van der Waals surface area contributed by atoms with Gasteiger partial charge in [-0.1, -0.05) is 22.0 Å². The molecule has 0 amide bonds. The zero-order valence-corrected chi connectivity index (χ0v) is 13.2. The monoisotopic (exact) mass is 348 g/mol. The van der Waals surface area contributed by atoms with Crippen LogP contribution in [-0.2, 0) is 6.42 Å². The van der Waals surface area contributed by atoms with Gasteiger partial charge in [-0.05, 0) is 17.7 Å². The van der Waals surface area contributed by atoms with Crippen LogP contribution >= 0.6 is 15.9 Å². The average Bonchev–Trinajstić information content (AvgIpc) is 2.89. The molecule has 108 valence electrons. The summed E-state index contributed by atoms with van der Waals surface area (Å²) in [6.07, 6.45) is 2.31. The predicted molar refractivity (Wildman–Crippen MR) is 81.9 cm³/mol. The Balaban J connectivity index is 1.93. The minimum atomic E-state index is 0.562. The van der Waals surface area contributed by atoms with Gasteiger partial charge >= 0.3 is 0 Å². The first-order valence-electron chi connectivity index (χ1n) is 6.31. The summed E-state index contributed by atoms with van der Waals surface area (Å²) in [5, 5.41) is 0. The molecule has 0 unspecified atom stereocenters. The van der Waals surface area contributed by atoms with E-state index in [1.54, 1.807) is 20.4 Å². The molecular formula is C15H13BrN2O3. The summed E-state index contributed by atoms with van der Waals surface area (Å²) in [5.41, 5.74) is 2.41. The van der Waals surface area contributed by atoms with Gasteiger partial charge in [-0.25, -0.2) is 9.97 Å². The van der Waals surface area contributed by atoms with Crippen LogP contribution in [-0.4, -0.2) is 24.2 Å². The second-order valence-electron chi connectivity index (χ2n) is 4.45. The summed E-state index contributed by atoms with van der Waals surface area (Å²) in [4.78, 5) is 8.66. The number of hydrogen-bond acceptors (Lipinski definition) is 5. The molecule has 0 aliphatic carbocycles. The highest BCUT2D eigenvalue weighted by Crippen LogP contribution is 2.30. The molecule has 3 rings (SSSR count). The predicted octanol–water partition coefficient (Wildman–Crippen LogP) is 3.59. The van der Waals surface area contributed by atoms with E-state index in [9.17, 15) is 0 Å². The van der Waals surface area contributed by atoms with Crippen LogP contribution in [0.5, 0.6) is 11.6 Å². The van der Waals surface area contributed by atoms with E-state index in [0.717, 1.165) is 15.6 Å². The lowest BCUT2D eigenvalue weighted by Gasteiger charge is -1.99. The standard InChI is InChI=1S/C15H13BrN2O3/c1-19-11-6-10(16)7-12-15(11)18-14(21-12)5-9-3-4-13(20-2)17-8-9/h3-4,6-8H,5H2,1-2H3. The van der Waals surface area contributed by atoms with Gasteiger partial charge in [-0.2, -0.15) is 0 Å². The van der Waals surface area contributed by atoms with Crippen LogP contribution in [0.15, 0.2) is 39.4 Å². The third-order valence-corrected chi connectivity index (χ3v) is 3.51. The summed E-state index contributed by atoms with van der Waals surface area (Å²) in [7, 11) is 3.20. The molecule has 0 aliphatic rings. The second-order valence-corrected chi connectivity index (χ2v) is 5.36. The van der Waals surface area contributed by atoms with E-state index in [-0.39, 0.29) is 0 Å². The SMILES string of the molecule is COc1ccc(Cc2nc3c(OC)cc(Br)cc3o2)cn1. The maximum absolute atomic E-state index is 5.77. The van der Waals surface area contributed by atoms with Gasteiger partial charge in [-0.3, -0.25) is 0 Å². The number of ether oxygens (including phenoxy) is 2. The quantitative estimate of drug-likeness (QED) is 0.720. The number of halogens is 1. The normalized spacial score (nSPS) is 10.8. The molecule has 0 bridgehead atoms. The van der Waals surface area contributed by atoms with Crippen molar-refractivity contribution in [3.05, 3.63) is 46.4 Å². The van der Waals surface area contributed by atoms with Gasteiger partial charge < -0.3 is 13.9 Å².